The Hall–Kier alpha value is -2.94. The summed E-state index contributed by atoms with van der Waals surface area (Å²) in [5.74, 6) is -2.78. The van der Waals surface area contributed by atoms with Gasteiger partial charge in [0.05, 0.1) is 6.04 Å². The van der Waals surface area contributed by atoms with Crippen LogP contribution in [0.2, 0.25) is 0 Å². The number of carbonyl (C=O) groups is 4. The number of rotatable bonds is 8. The van der Waals surface area contributed by atoms with Gasteiger partial charge in [0.15, 0.2) is 6.04 Å². The van der Waals surface area contributed by atoms with Gasteiger partial charge in [-0.05, 0) is 31.0 Å². The number of carbonyl (C=O) groups excluding carboxylic acids is 3. The number of nitrogens with one attached hydrogen (secondary N) is 1. The number of hydrogen-bond donors (Lipinski definition) is 3. The molecular weight excluding hydrogens is 344 g/mol. The van der Waals surface area contributed by atoms with Crippen molar-refractivity contribution in [3.05, 3.63) is 29.8 Å². The Labute approximate surface area is 150 Å². The molecule has 0 aromatic heterocycles. The van der Waals surface area contributed by atoms with Crippen molar-refractivity contribution >= 4 is 23.8 Å². The van der Waals surface area contributed by atoms with Crippen molar-refractivity contribution < 1.29 is 33.8 Å². The van der Waals surface area contributed by atoms with Crippen LogP contribution in [0.25, 0.3) is 0 Å². The summed E-state index contributed by atoms with van der Waals surface area (Å²) in [6, 6.07) is 3.97. The van der Waals surface area contributed by atoms with E-state index in [4.69, 9.17) is 15.2 Å². The average Bonchev–Trinajstić information content (AvgIpc) is 2.52. The van der Waals surface area contributed by atoms with Crippen molar-refractivity contribution in [2.24, 2.45) is 5.73 Å². The number of carboxylic acid groups (broad SMARTS) is 1. The van der Waals surface area contributed by atoms with Crippen molar-refractivity contribution in [1.82, 2.24) is 5.32 Å². The third-order valence-electron chi connectivity index (χ3n) is 3.36. The molecule has 26 heavy (non-hydrogen) atoms. The lowest BCUT2D eigenvalue weighted by Gasteiger charge is -2.22. The van der Waals surface area contributed by atoms with Crippen LogP contribution < -0.4 is 15.8 Å². The number of benzene rings is 1. The van der Waals surface area contributed by atoms with Gasteiger partial charge in [0.1, 0.15) is 11.9 Å². The second kappa shape index (κ2) is 9.52. The second-order valence-electron chi connectivity index (χ2n) is 5.69. The van der Waals surface area contributed by atoms with Crippen LogP contribution in [0.4, 0.5) is 0 Å². The van der Waals surface area contributed by atoms with E-state index in [-0.39, 0.29) is 6.42 Å². The Morgan fingerprint density at radius 2 is 1.69 bits per heavy atom. The standard InChI is InChI=1S/C17H22N2O7/c1-9(25-10(2)20)15(17(23)24)19-16(22)14(18)8-12-4-6-13(7-5-12)26-11(3)21/h4-7,9,14-15H,8,18H2,1-3H3,(H,19,22)(H,23,24). The van der Waals surface area contributed by atoms with E-state index < -0.39 is 42.0 Å². The highest BCUT2D eigenvalue weighted by atomic mass is 16.5. The highest BCUT2D eigenvalue weighted by Crippen LogP contribution is 2.13. The predicted molar refractivity (Wildman–Crippen MR) is 90.2 cm³/mol. The fourth-order valence-corrected chi connectivity index (χ4v) is 2.18. The largest absolute Gasteiger partial charge is 0.480 e. The lowest BCUT2D eigenvalue weighted by atomic mass is 10.0. The van der Waals surface area contributed by atoms with Crippen molar-refractivity contribution in [2.45, 2.75) is 45.4 Å². The summed E-state index contributed by atoms with van der Waals surface area (Å²) in [5.41, 5.74) is 6.52. The molecular formula is C17H22N2O7. The summed E-state index contributed by atoms with van der Waals surface area (Å²) in [6.07, 6.45) is -0.912. The van der Waals surface area contributed by atoms with Gasteiger partial charge in [0, 0.05) is 13.8 Å². The molecule has 0 radical (unpaired) electrons. The Kier molecular flexibility index (Phi) is 7.73. The van der Waals surface area contributed by atoms with E-state index in [0.717, 1.165) is 6.92 Å². The van der Waals surface area contributed by atoms with Gasteiger partial charge in [-0.15, -0.1) is 0 Å². The van der Waals surface area contributed by atoms with E-state index in [0.29, 0.717) is 11.3 Å². The number of ether oxygens (including phenoxy) is 2. The van der Waals surface area contributed by atoms with Gasteiger partial charge in [-0.2, -0.15) is 0 Å². The highest BCUT2D eigenvalue weighted by molar-refractivity contribution is 5.87. The molecule has 0 bridgehead atoms. The fourth-order valence-electron chi connectivity index (χ4n) is 2.18. The SMILES string of the molecule is CC(=O)Oc1ccc(CC(N)C(=O)NC(C(=O)O)C(C)OC(C)=O)cc1. The first-order valence-corrected chi connectivity index (χ1v) is 7.83. The third-order valence-corrected chi connectivity index (χ3v) is 3.36. The Morgan fingerprint density at radius 3 is 2.15 bits per heavy atom. The number of hydrogen-bond acceptors (Lipinski definition) is 7. The van der Waals surface area contributed by atoms with E-state index in [1.807, 2.05) is 0 Å². The van der Waals surface area contributed by atoms with Gasteiger partial charge < -0.3 is 25.6 Å². The van der Waals surface area contributed by atoms with Crippen molar-refractivity contribution in [3.63, 3.8) is 0 Å². The average molecular weight is 366 g/mol. The van der Waals surface area contributed by atoms with Gasteiger partial charge in [-0.3, -0.25) is 14.4 Å². The number of esters is 2. The maximum absolute atomic E-state index is 12.2. The van der Waals surface area contributed by atoms with Crippen LogP contribution in [0.15, 0.2) is 24.3 Å². The van der Waals surface area contributed by atoms with Crippen LogP contribution >= 0.6 is 0 Å². The Bertz CT molecular complexity index is 672. The topological polar surface area (TPSA) is 145 Å². The molecule has 1 aromatic rings. The first-order chi connectivity index (χ1) is 12.1. The fraction of sp³-hybridized carbons (Fsp3) is 0.412. The molecule has 4 N–H and O–H groups in total. The summed E-state index contributed by atoms with van der Waals surface area (Å²) < 4.78 is 9.70. The molecule has 0 aliphatic carbocycles. The van der Waals surface area contributed by atoms with Gasteiger partial charge >= 0.3 is 17.9 Å². The van der Waals surface area contributed by atoms with E-state index in [9.17, 15) is 24.3 Å². The smallest absolute Gasteiger partial charge is 0.330 e. The Morgan fingerprint density at radius 1 is 1.12 bits per heavy atom. The summed E-state index contributed by atoms with van der Waals surface area (Å²) in [7, 11) is 0. The lowest BCUT2D eigenvalue weighted by molar-refractivity contribution is -0.154. The molecule has 0 aliphatic rings. The zero-order valence-corrected chi connectivity index (χ0v) is 14.7. The third kappa shape index (κ3) is 6.89. The van der Waals surface area contributed by atoms with Gasteiger partial charge in [0.2, 0.25) is 5.91 Å². The van der Waals surface area contributed by atoms with Gasteiger partial charge in [0.25, 0.3) is 0 Å². The number of aliphatic carboxylic acids is 1. The molecule has 0 heterocycles. The molecule has 0 saturated carbocycles. The summed E-state index contributed by atoms with van der Waals surface area (Å²) in [6.45, 7) is 3.78. The molecule has 1 amide bonds. The maximum Gasteiger partial charge on any atom is 0.330 e. The molecule has 0 aliphatic heterocycles. The van der Waals surface area contributed by atoms with Crippen molar-refractivity contribution in [1.29, 1.82) is 0 Å². The molecule has 0 spiro atoms. The summed E-state index contributed by atoms with van der Waals surface area (Å²) >= 11 is 0. The van der Waals surface area contributed by atoms with E-state index in [1.165, 1.54) is 13.8 Å². The number of amides is 1. The molecule has 1 rings (SSSR count). The van der Waals surface area contributed by atoms with Crippen molar-refractivity contribution in [2.75, 3.05) is 0 Å². The van der Waals surface area contributed by atoms with Crippen LogP contribution in [0.5, 0.6) is 5.75 Å². The zero-order valence-electron chi connectivity index (χ0n) is 14.7. The minimum Gasteiger partial charge on any atom is -0.480 e. The van der Waals surface area contributed by atoms with E-state index in [1.54, 1.807) is 24.3 Å². The normalized spacial score (nSPS) is 13.8. The summed E-state index contributed by atoms with van der Waals surface area (Å²) in [4.78, 5) is 45.3. The zero-order chi connectivity index (χ0) is 19.9. The van der Waals surface area contributed by atoms with E-state index in [2.05, 4.69) is 5.32 Å². The molecule has 1 aromatic carbocycles. The van der Waals surface area contributed by atoms with Crippen LogP contribution in [-0.4, -0.2) is 47.1 Å². The van der Waals surface area contributed by atoms with Crippen LogP contribution in [-0.2, 0) is 30.3 Å². The molecule has 3 atom stereocenters. The Balaban J connectivity index is 2.69. The monoisotopic (exact) mass is 366 g/mol. The quantitative estimate of drug-likeness (QED) is 0.431. The van der Waals surface area contributed by atoms with Crippen LogP contribution in [0, 0.1) is 0 Å². The minimum atomic E-state index is -1.41. The molecule has 3 unspecified atom stereocenters. The predicted octanol–water partition coefficient (Wildman–Crippen LogP) is 0.00270. The maximum atomic E-state index is 12.2. The second-order valence-corrected chi connectivity index (χ2v) is 5.69. The molecule has 9 nitrogen and oxygen atoms in total. The van der Waals surface area contributed by atoms with Gasteiger partial charge in [-0.1, -0.05) is 12.1 Å². The highest BCUT2D eigenvalue weighted by Gasteiger charge is 2.30. The molecule has 9 heteroatoms. The molecule has 0 saturated heterocycles. The lowest BCUT2D eigenvalue weighted by Crippen LogP contribution is -2.54. The first kappa shape index (κ1) is 21.1. The van der Waals surface area contributed by atoms with E-state index >= 15 is 0 Å². The molecule has 142 valence electrons. The minimum absolute atomic E-state index is 0.139. The van der Waals surface area contributed by atoms with Crippen LogP contribution in [0.3, 0.4) is 0 Å². The summed E-state index contributed by atoms with van der Waals surface area (Å²) in [5, 5.41) is 11.5. The number of carboxylic acids is 1. The van der Waals surface area contributed by atoms with Gasteiger partial charge in [-0.25, -0.2) is 4.79 Å². The number of nitrogens with two attached hydrogens (primary N) is 1. The van der Waals surface area contributed by atoms with Crippen molar-refractivity contribution in [3.8, 4) is 5.75 Å². The molecule has 0 fully saturated rings. The first-order valence-electron chi connectivity index (χ1n) is 7.83. The van der Waals surface area contributed by atoms with Crippen LogP contribution in [0.1, 0.15) is 26.3 Å².